The van der Waals surface area contributed by atoms with Gasteiger partial charge in [-0.15, -0.1) is 11.3 Å². The molecule has 1 rings (SSSR count). The highest BCUT2D eigenvalue weighted by Crippen LogP contribution is 2.16. The van der Waals surface area contributed by atoms with E-state index < -0.39 is 19.8 Å². The van der Waals surface area contributed by atoms with Crippen molar-refractivity contribution in [1.29, 1.82) is 0 Å². The molecule has 1 heterocycles. The van der Waals surface area contributed by atoms with E-state index in [0.717, 1.165) is 0 Å². The third-order valence-corrected chi connectivity index (χ3v) is 6.33. The van der Waals surface area contributed by atoms with Gasteiger partial charge in [0.05, 0.1) is 8.07 Å². The molecule has 1 aromatic heterocycles. The van der Waals surface area contributed by atoms with Gasteiger partial charge < -0.3 is 4.74 Å². The van der Waals surface area contributed by atoms with Gasteiger partial charge in [-0.05, 0) is 20.8 Å². The van der Waals surface area contributed by atoms with Crippen LogP contribution in [0.5, 0.6) is 0 Å². The minimum Gasteiger partial charge on any atom is -0.444 e. The average molecular weight is 272 g/mol. The Morgan fingerprint density at radius 1 is 1.41 bits per heavy atom. The van der Waals surface area contributed by atoms with Gasteiger partial charge in [0, 0.05) is 10.7 Å². The van der Waals surface area contributed by atoms with E-state index in [0.29, 0.717) is 5.13 Å². The van der Waals surface area contributed by atoms with Gasteiger partial charge in [-0.2, -0.15) is 0 Å². The molecule has 0 atom stereocenters. The van der Waals surface area contributed by atoms with Crippen molar-refractivity contribution in [2.24, 2.45) is 0 Å². The molecule has 0 unspecified atom stereocenters. The van der Waals surface area contributed by atoms with Gasteiger partial charge in [-0.25, -0.2) is 9.78 Å². The molecule has 96 valence electrons. The number of thiazole rings is 1. The van der Waals surface area contributed by atoms with Crippen LogP contribution in [0.2, 0.25) is 19.6 Å². The Morgan fingerprint density at radius 2 is 2.00 bits per heavy atom. The summed E-state index contributed by atoms with van der Waals surface area (Å²) < 4.78 is 6.43. The summed E-state index contributed by atoms with van der Waals surface area (Å²) in [4.78, 5) is 15.7. The number of rotatable bonds is 2. The summed E-state index contributed by atoms with van der Waals surface area (Å²) in [7, 11) is -1.35. The fourth-order valence-electron chi connectivity index (χ4n) is 1.07. The van der Waals surface area contributed by atoms with Gasteiger partial charge in [-0.3, -0.25) is 5.32 Å². The topological polar surface area (TPSA) is 51.2 Å². The number of nitrogens with zero attached hydrogens (tertiary/aromatic N) is 1. The largest absolute Gasteiger partial charge is 0.444 e. The van der Waals surface area contributed by atoms with E-state index in [4.69, 9.17) is 4.74 Å². The maximum absolute atomic E-state index is 11.5. The molecule has 0 saturated heterocycles. The van der Waals surface area contributed by atoms with Crippen LogP contribution in [-0.4, -0.2) is 24.8 Å². The predicted octanol–water partition coefficient (Wildman–Crippen LogP) is 3.04. The van der Waals surface area contributed by atoms with Crippen molar-refractivity contribution in [3.63, 3.8) is 0 Å². The molecule has 0 aliphatic carbocycles. The summed E-state index contributed by atoms with van der Waals surface area (Å²) in [5.74, 6) is 0. The molecule has 4 nitrogen and oxygen atoms in total. The molecule has 0 aliphatic heterocycles. The van der Waals surface area contributed by atoms with Crippen molar-refractivity contribution in [3.8, 4) is 0 Å². The molecule has 6 heteroatoms. The summed E-state index contributed by atoms with van der Waals surface area (Å²) >= 11 is 1.53. The van der Waals surface area contributed by atoms with E-state index in [1.165, 1.54) is 15.8 Å². The van der Waals surface area contributed by atoms with Crippen molar-refractivity contribution in [2.75, 3.05) is 5.32 Å². The summed E-state index contributed by atoms with van der Waals surface area (Å²) in [5, 5.41) is 3.27. The lowest BCUT2D eigenvalue weighted by Gasteiger charge is -2.19. The molecule has 1 aromatic rings. The van der Waals surface area contributed by atoms with Crippen LogP contribution in [0.25, 0.3) is 0 Å². The molecule has 0 spiro atoms. The van der Waals surface area contributed by atoms with E-state index in [1.807, 2.05) is 27.0 Å². The standard InChI is InChI=1S/C11H20N2O2SSi/c1-11(2,3)15-10(14)13-9-12-7-8(16-9)17(4,5)6/h7H,1-6H3,(H,12,13,14). The van der Waals surface area contributed by atoms with Crippen molar-refractivity contribution in [2.45, 2.75) is 46.0 Å². The SMILES string of the molecule is CC(C)(C)OC(=O)Nc1ncc([Si](C)(C)C)s1. The fraction of sp³-hybridized carbons (Fsp3) is 0.636. The van der Waals surface area contributed by atoms with E-state index in [2.05, 4.69) is 29.9 Å². The van der Waals surface area contributed by atoms with Crippen molar-refractivity contribution in [3.05, 3.63) is 6.20 Å². The van der Waals surface area contributed by atoms with Gasteiger partial charge in [-0.1, -0.05) is 19.6 Å². The molecular formula is C11H20N2O2SSi. The Balaban J connectivity index is 2.65. The number of hydrogen-bond acceptors (Lipinski definition) is 4. The van der Waals surface area contributed by atoms with E-state index in [-0.39, 0.29) is 0 Å². The van der Waals surface area contributed by atoms with Crippen LogP contribution in [-0.2, 0) is 4.74 Å². The molecule has 0 aliphatic rings. The number of aromatic nitrogens is 1. The van der Waals surface area contributed by atoms with Crippen LogP contribution in [0.1, 0.15) is 20.8 Å². The lowest BCUT2D eigenvalue weighted by molar-refractivity contribution is 0.0636. The van der Waals surface area contributed by atoms with Crippen LogP contribution < -0.4 is 9.82 Å². The zero-order valence-corrected chi connectivity index (χ0v) is 13.1. The maximum Gasteiger partial charge on any atom is 0.413 e. The number of ether oxygens (including phenoxy) is 1. The molecule has 0 aromatic carbocycles. The quantitative estimate of drug-likeness (QED) is 0.842. The third kappa shape index (κ3) is 4.87. The summed E-state index contributed by atoms with van der Waals surface area (Å²) in [6.07, 6.45) is 1.40. The second-order valence-corrected chi connectivity index (χ2v) is 12.3. The predicted molar refractivity (Wildman–Crippen MR) is 75.0 cm³/mol. The average Bonchev–Trinajstić information content (AvgIpc) is 2.47. The molecule has 1 amide bonds. The third-order valence-electron chi connectivity index (χ3n) is 1.85. The first-order chi connectivity index (χ1) is 7.58. The lowest BCUT2D eigenvalue weighted by Crippen LogP contribution is -2.34. The smallest absolute Gasteiger partial charge is 0.413 e. The first-order valence-corrected chi connectivity index (χ1v) is 9.86. The first-order valence-electron chi connectivity index (χ1n) is 5.54. The zero-order chi connectivity index (χ0) is 13.3. The van der Waals surface area contributed by atoms with Crippen LogP contribution in [0.3, 0.4) is 0 Å². The Kier molecular flexibility index (Phi) is 3.98. The molecule has 0 fully saturated rings. The van der Waals surface area contributed by atoms with E-state index in [9.17, 15) is 4.79 Å². The second-order valence-electron chi connectivity index (χ2n) is 5.91. The van der Waals surface area contributed by atoms with Crippen molar-refractivity contribution in [1.82, 2.24) is 4.98 Å². The van der Waals surface area contributed by atoms with Gasteiger partial charge in [0.1, 0.15) is 5.60 Å². The van der Waals surface area contributed by atoms with Crippen LogP contribution in [0.15, 0.2) is 6.20 Å². The summed E-state index contributed by atoms with van der Waals surface area (Å²) in [6.45, 7) is 12.2. The highest BCUT2D eigenvalue weighted by atomic mass is 32.1. The molecule has 0 saturated carbocycles. The van der Waals surface area contributed by atoms with Crippen LogP contribution in [0, 0.1) is 0 Å². The van der Waals surface area contributed by atoms with E-state index in [1.54, 1.807) is 0 Å². The van der Waals surface area contributed by atoms with Crippen LogP contribution >= 0.6 is 11.3 Å². The van der Waals surface area contributed by atoms with Crippen LogP contribution in [0.4, 0.5) is 9.93 Å². The van der Waals surface area contributed by atoms with Crippen molar-refractivity contribution >= 4 is 35.1 Å². The van der Waals surface area contributed by atoms with Gasteiger partial charge in [0.15, 0.2) is 5.13 Å². The van der Waals surface area contributed by atoms with Gasteiger partial charge >= 0.3 is 6.09 Å². The molecule has 0 radical (unpaired) electrons. The number of anilines is 1. The Bertz CT molecular complexity index is 404. The van der Waals surface area contributed by atoms with Crippen molar-refractivity contribution < 1.29 is 9.53 Å². The fourth-order valence-corrected chi connectivity index (χ4v) is 3.59. The number of carbonyl (C=O) groups is 1. The Morgan fingerprint density at radius 3 is 2.41 bits per heavy atom. The molecule has 1 N–H and O–H groups in total. The highest BCUT2D eigenvalue weighted by molar-refractivity contribution is 7.28. The molecule has 17 heavy (non-hydrogen) atoms. The number of carbonyl (C=O) groups excluding carboxylic acids is 1. The first kappa shape index (κ1) is 14.2. The number of amides is 1. The minimum atomic E-state index is -1.35. The zero-order valence-electron chi connectivity index (χ0n) is 11.2. The number of hydrogen-bond donors (Lipinski definition) is 1. The molecular weight excluding hydrogens is 252 g/mol. The summed E-state index contributed by atoms with van der Waals surface area (Å²) in [6, 6.07) is 0. The van der Waals surface area contributed by atoms with Gasteiger partial charge in [0.25, 0.3) is 0 Å². The Hall–Kier alpha value is -0.883. The second kappa shape index (κ2) is 4.78. The summed E-state index contributed by atoms with van der Waals surface area (Å²) in [5.41, 5.74) is -0.483. The number of nitrogens with one attached hydrogen (secondary N) is 1. The normalized spacial score (nSPS) is 12.4. The van der Waals surface area contributed by atoms with Gasteiger partial charge in [0.2, 0.25) is 0 Å². The minimum absolute atomic E-state index is 0.450. The maximum atomic E-state index is 11.5. The lowest BCUT2D eigenvalue weighted by atomic mass is 10.2. The van der Waals surface area contributed by atoms with E-state index >= 15 is 0 Å². The molecule has 0 bridgehead atoms. The monoisotopic (exact) mass is 272 g/mol. The highest BCUT2D eigenvalue weighted by Gasteiger charge is 2.21. The Labute approximate surface area is 107 Å².